The number of aromatic nitrogens is 2. The second kappa shape index (κ2) is 8.67. The van der Waals surface area contributed by atoms with Gasteiger partial charge in [-0.2, -0.15) is 4.98 Å². The molecule has 0 spiro atoms. The van der Waals surface area contributed by atoms with Crippen molar-refractivity contribution in [3.63, 3.8) is 0 Å². The van der Waals surface area contributed by atoms with E-state index in [0.717, 1.165) is 30.1 Å². The van der Waals surface area contributed by atoms with Crippen LogP contribution in [0.5, 0.6) is 0 Å². The van der Waals surface area contributed by atoms with Gasteiger partial charge in [0.15, 0.2) is 5.82 Å². The van der Waals surface area contributed by atoms with E-state index in [4.69, 9.17) is 16.1 Å². The van der Waals surface area contributed by atoms with E-state index in [0.29, 0.717) is 11.9 Å². The zero-order chi connectivity index (χ0) is 16.2. The minimum absolute atomic E-state index is 0. The Morgan fingerprint density at radius 3 is 2.35 bits per heavy atom. The molecule has 0 aliphatic carbocycles. The molecule has 0 aliphatic rings. The van der Waals surface area contributed by atoms with Crippen LogP contribution in [0, 0.1) is 0 Å². The van der Waals surface area contributed by atoms with Gasteiger partial charge in [-0.1, -0.05) is 42.7 Å². The van der Waals surface area contributed by atoms with E-state index in [1.807, 2.05) is 19.2 Å². The van der Waals surface area contributed by atoms with Gasteiger partial charge in [-0.05, 0) is 44.5 Å². The standard InChI is InChI=1S/C17H24ClN3O.ClH/c1-5-17(6-2,13-7-9-14(18)10-8-13)16-20-15(21-22-16)11-12(3)19-4;/h7-10,12,19H,5-6,11H2,1-4H3;1H. The molecule has 1 unspecified atom stereocenters. The molecule has 0 amide bonds. The summed E-state index contributed by atoms with van der Waals surface area (Å²) in [7, 11) is 1.93. The van der Waals surface area contributed by atoms with Crippen LogP contribution in [0.4, 0.5) is 0 Å². The van der Waals surface area contributed by atoms with Crippen LogP contribution in [0.3, 0.4) is 0 Å². The first kappa shape index (κ1) is 19.9. The summed E-state index contributed by atoms with van der Waals surface area (Å²) in [6.45, 7) is 6.40. The molecule has 4 nitrogen and oxygen atoms in total. The fraction of sp³-hybridized carbons (Fsp3) is 0.529. The Morgan fingerprint density at radius 2 is 1.83 bits per heavy atom. The van der Waals surface area contributed by atoms with Crippen molar-refractivity contribution in [2.24, 2.45) is 0 Å². The van der Waals surface area contributed by atoms with Gasteiger partial charge in [0.1, 0.15) is 0 Å². The molecule has 0 aliphatic heterocycles. The average Bonchev–Trinajstić information content (AvgIpc) is 2.99. The molecule has 0 radical (unpaired) electrons. The molecule has 1 N–H and O–H groups in total. The van der Waals surface area contributed by atoms with Gasteiger partial charge in [0.25, 0.3) is 0 Å². The van der Waals surface area contributed by atoms with Gasteiger partial charge >= 0.3 is 0 Å². The zero-order valence-electron chi connectivity index (χ0n) is 14.1. The molecule has 0 saturated heterocycles. The molecule has 6 heteroatoms. The lowest BCUT2D eigenvalue weighted by atomic mass is 9.75. The minimum Gasteiger partial charge on any atom is -0.338 e. The Balaban J connectivity index is 0.00000264. The van der Waals surface area contributed by atoms with E-state index in [-0.39, 0.29) is 17.8 Å². The van der Waals surface area contributed by atoms with Gasteiger partial charge in [0.2, 0.25) is 5.89 Å². The molecule has 1 aromatic carbocycles. The van der Waals surface area contributed by atoms with Crippen molar-refractivity contribution in [3.8, 4) is 0 Å². The number of rotatable bonds is 7. The molecule has 2 rings (SSSR count). The Bertz CT molecular complexity index is 594. The number of nitrogens with one attached hydrogen (secondary N) is 1. The zero-order valence-corrected chi connectivity index (χ0v) is 15.7. The lowest BCUT2D eigenvalue weighted by Crippen LogP contribution is -2.27. The quantitative estimate of drug-likeness (QED) is 0.797. The second-order valence-electron chi connectivity index (χ2n) is 5.71. The lowest BCUT2D eigenvalue weighted by molar-refractivity contribution is 0.294. The summed E-state index contributed by atoms with van der Waals surface area (Å²) in [6, 6.07) is 8.25. The minimum atomic E-state index is -0.251. The smallest absolute Gasteiger partial charge is 0.237 e. The van der Waals surface area contributed by atoms with Crippen molar-refractivity contribution in [1.29, 1.82) is 0 Å². The van der Waals surface area contributed by atoms with E-state index >= 15 is 0 Å². The largest absolute Gasteiger partial charge is 0.338 e. The lowest BCUT2D eigenvalue weighted by Gasteiger charge is -2.28. The van der Waals surface area contributed by atoms with Crippen molar-refractivity contribution < 1.29 is 4.52 Å². The van der Waals surface area contributed by atoms with E-state index in [1.165, 1.54) is 5.56 Å². The molecular formula is C17H25Cl2N3O. The van der Waals surface area contributed by atoms with Gasteiger partial charge in [-0.3, -0.25) is 0 Å². The number of hydrogen-bond donors (Lipinski definition) is 1. The highest BCUT2D eigenvalue weighted by Gasteiger charge is 2.36. The average molecular weight is 358 g/mol. The molecular weight excluding hydrogens is 333 g/mol. The van der Waals surface area contributed by atoms with Gasteiger partial charge in [-0.15, -0.1) is 12.4 Å². The highest BCUT2D eigenvalue weighted by Crippen LogP contribution is 2.38. The highest BCUT2D eigenvalue weighted by atomic mass is 35.5. The van der Waals surface area contributed by atoms with Crippen LogP contribution < -0.4 is 5.32 Å². The summed E-state index contributed by atoms with van der Waals surface area (Å²) in [5, 5.41) is 8.08. The Hall–Kier alpha value is -1.10. The fourth-order valence-electron chi connectivity index (χ4n) is 2.76. The van der Waals surface area contributed by atoms with Crippen molar-refractivity contribution in [3.05, 3.63) is 46.6 Å². The van der Waals surface area contributed by atoms with E-state index < -0.39 is 0 Å². The van der Waals surface area contributed by atoms with Crippen LogP contribution in [0.25, 0.3) is 0 Å². The van der Waals surface area contributed by atoms with Gasteiger partial charge in [0.05, 0.1) is 5.41 Å². The fourth-order valence-corrected chi connectivity index (χ4v) is 2.89. The third-order valence-electron chi connectivity index (χ3n) is 4.46. The number of likely N-dealkylation sites (N-methyl/N-ethyl adjacent to an activating group) is 1. The van der Waals surface area contributed by atoms with Crippen molar-refractivity contribution >= 4 is 24.0 Å². The predicted octanol–water partition coefficient (Wildman–Crippen LogP) is 4.40. The maximum Gasteiger partial charge on any atom is 0.237 e. The maximum atomic E-state index is 6.01. The SMILES string of the molecule is CCC(CC)(c1ccc(Cl)cc1)c1nc(CC(C)NC)no1.Cl. The molecule has 128 valence electrons. The summed E-state index contributed by atoms with van der Waals surface area (Å²) in [4.78, 5) is 4.66. The monoisotopic (exact) mass is 357 g/mol. The van der Waals surface area contributed by atoms with E-state index in [2.05, 4.69) is 48.4 Å². The molecule has 1 atom stereocenters. The van der Waals surface area contributed by atoms with E-state index in [1.54, 1.807) is 0 Å². The third-order valence-corrected chi connectivity index (χ3v) is 4.71. The van der Waals surface area contributed by atoms with E-state index in [9.17, 15) is 0 Å². The second-order valence-corrected chi connectivity index (χ2v) is 6.14. The van der Waals surface area contributed by atoms with Crippen LogP contribution in [-0.4, -0.2) is 23.2 Å². The molecule has 23 heavy (non-hydrogen) atoms. The van der Waals surface area contributed by atoms with Crippen molar-refractivity contribution in [2.45, 2.75) is 51.5 Å². The van der Waals surface area contributed by atoms with Gasteiger partial charge in [-0.25, -0.2) is 0 Å². The summed E-state index contributed by atoms with van der Waals surface area (Å²) >= 11 is 6.01. The molecule has 2 aromatic rings. The van der Waals surface area contributed by atoms with Gasteiger partial charge in [0, 0.05) is 17.5 Å². The Labute approximate surface area is 149 Å². The number of hydrogen-bond acceptors (Lipinski definition) is 4. The first-order valence-corrected chi connectivity index (χ1v) is 8.19. The number of benzene rings is 1. The number of nitrogens with zero attached hydrogens (tertiary/aromatic N) is 2. The first-order chi connectivity index (χ1) is 10.6. The van der Waals surface area contributed by atoms with Gasteiger partial charge < -0.3 is 9.84 Å². The summed E-state index contributed by atoms with van der Waals surface area (Å²) < 4.78 is 5.62. The summed E-state index contributed by atoms with van der Waals surface area (Å²) in [6.07, 6.45) is 2.55. The molecule has 0 saturated carbocycles. The topological polar surface area (TPSA) is 51.0 Å². The summed E-state index contributed by atoms with van der Waals surface area (Å²) in [5.74, 6) is 1.44. The highest BCUT2D eigenvalue weighted by molar-refractivity contribution is 6.30. The Morgan fingerprint density at radius 1 is 1.22 bits per heavy atom. The van der Waals surface area contributed by atoms with Crippen LogP contribution in [0.1, 0.15) is 50.9 Å². The normalized spacial score (nSPS) is 12.7. The maximum absolute atomic E-state index is 6.01. The third kappa shape index (κ3) is 4.25. The van der Waals surface area contributed by atoms with Crippen molar-refractivity contribution in [2.75, 3.05) is 7.05 Å². The van der Waals surface area contributed by atoms with Crippen LogP contribution in [0.2, 0.25) is 5.02 Å². The van der Waals surface area contributed by atoms with Crippen LogP contribution in [0.15, 0.2) is 28.8 Å². The van der Waals surface area contributed by atoms with Crippen molar-refractivity contribution in [1.82, 2.24) is 15.5 Å². The van der Waals surface area contributed by atoms with Crippen LogP contribution >= 0.6 is 24.0 Å². The summed E-state index contributed by atoms with van der Waals surface area (Å²) in [5.41, 5.74) is 0.914. The first-order valence-electron chi connectivity index (χ1n) is 7.82. The number of halogens is 2. The predicted molar refractivity (Wildman–Crippen MR) is 96.6 cm³/mol. The molecule has 0 fully saturated rings. The molecule has 1 heterocycles. The molecule has 0 bridgehead atoms. The molecule has 1 aromatic heterocycles. The van der Waals surface area contributed by atoms with Crippen LogP contribution in [-0.2, 0) is 11.8 Å². The Kier molecular flexibility index (Phi) is 7.52.